The van der Waals surface area contributed by atoms with Crippen molar-refractivity contribution in [3.8, 4) is 11.4 Å². The summed E-state index contributed by atoms with van der Waals surface area (Å²) in [6.45, 7) is 28.0. The molecule has 0 aliphatic heterocycles. The molecule has 0 bridgehead atoms. The van der Waals surface area contributed by atoms with Gasteiger partial charge in [0, 0.05) is 96.0 Å². The Morgan fingerprint density at radius 3 is 0.967 bits per heavy atom. The maximum absolute atomic E-state index is 2.54. The molecule has 0 aliphatic rings. The van der Waals surface area contributed by atoms with E-state index in [1.54, 1.807) is 0 Å². The van der Waals surface area contributed by atoms with E-state index in [9.17, 15) is 0 Å². The van der Waals surface area contributed by atoms with E-state index in [1.807, 2.05) is 22.7 Å². The van der Waals surface area contributed by atoms with E-state index in [0.29, 0.717) is 0 Å². The van der Waals surface area contributed by atoms with Crippen LogP contribution in [0, 0.1) is 0 Å². The first-order chi connectivity index (χ1) is 44.1. The number of aromatic nitrogens is 2. The van der Waals surface area contributed by atoms with Crippen LogP contribution in [0.5, 0.6) is 0 Å². The lowest BCUT2D eigenvalue weighted by Crippen LogP contribution is -2.17. The second-order valence-corrected chi connectivity index (χ2v) is 31.7. The van der Waals surface area contributed by atoms with Crippen molar-refractivity contribution in [1.82, 2.24) is 9.13 Å². The van der Waals surface area contributed by atoms with Crippen molar-refractivity contribution in [2.45, 2.75) is 105 Å². The molecule has 0 spiro atoms. The van der Waals surface area contributed by atoms with Gasteiger partial charge in [-0.15, -0.1) is 22.7 Å². The standard InChI is InChI=1S/C86H76N4S2/c1-83(2,3)55-45-56(84(4,5)6)48-63(47-55)89-73-33-21-19-29-65(73)69-31-23-35-75(81(69)89)87(59-25-15-13-16-26-59)61-37-39-67-71-41-53-44-78-72(42-54(53)43-77(71)91-79(67)51-61)68-40-38-62(52-80(68)92-78)88(60-27-17-14-18-28-60)76-36-24-32-70-66-30-20-22-34-74(66)90(82(70)76)64-49-57(85(7,8)9)46-58(50-64)86(10,11)12/h13-52H,1-12H3. The fourth-order valence-electron chi connectivity index (χ4n) is 14.2. The minimum atomic E-state index is -0.0398. The molecule has 4 aromatic heterocycles. The fourth-order valence-corrected chi connectivity index (χ4v) is 16.5. The van der Waals surface area contributed by atoms with Gasteiger partial charge in [-0.05, 0) is 176 Å². The summed E-state index contributed by atoms with van der Waals surface area (Å²) in [5, 5.41) is 12.6. The third kappa shape index (κ3) is 9.59. The number of hydrogen-bond donors (Lipinski definition) is 0. The van der Waals surface area contributed by atoms with Crippen molar-refractivity contribution in [1.29, 1.82) is 0 Å². The molecule has 4 nitrogen and oxygen atoms in total. The van der Waals surface area contributed by atoms with Crippen molar-refractivity contribution < 1.29 is 0 Å². The zero-order chi connectivity index (χ0) is 63.3. The fraction of sp³-hybridized carbons (Fsp3) is 0.186. The zero-order valence-corrected chi connectivity index (χ0v) is 56.3. The van der Waals surface area contributed by atoms with Crippen LogP contribution in [0.4, 0.5) is 34.1 Å². The van der Waals surface area contributed by atoms with Crippen molar-refractivity contribution in [2.24, 2.45) is 0 Å². The van der Waals surface area contributed by atoms with E-state index in [1.165, 1.54) is 128 Å². The molecule has 0 atom stereocenters. The Kier molecular flexibility index (Phi) is 13.2. The number of hydrogen-bond acceptors (Lipinski definition) is 4. The summed E-state index contributed by atoms with van der Waals surface area (Å²) < 4.78 is 10.2. The van der Waals surface area contributed by atoms with Crippen LogP contribution in [0.3, 0.4) is 0 Å². The molecule has 0 saturated carbocycles. The van der Waals surface area contributed by atoms with Crippen LogP contribution in [0.1, 0.15) is 105 Å². The quantitative estimate of drug-likeness (QED) is 0.151. The first-order valence-corrected chi connectivity index (χ1v) is 34.1. The highest BCUT2D eigenvalue weighted by atomic mass is 32.1. The Hall–Kier alpha value is -9.46. The highest BCUT2D eigenvalue weighted by Crippen LogP contribution is 2.50. The van der Waals surface area contributed by atoms with Crippen molar-refractivity contribution in [2.75, 3.05) is 9.80 Å². The van der Waals surface area contributed by atoms with Gasteiger partial charge in [0.25, 0.3) is 0 Å². The van der Waals surface area contributed by atoms with Crippen LogP contribution in [-0.2, 0) is 21.7 Å². The van der Waals surface area contributed by atoms with E-state index in [2.05, 4.69) is 345 Å². The average Bonchev–Trinajstić information content (AvgIpc) is 1.57. The van der Waals surface area contributed by atoms with E-state index >= 15 is 0 Å². The second kappa shape index (κ2) is 21.0. The van der Waals surface area contributed by atoms with Gasteiger partial charge >= 0.3 is 0 Å². The van der Waals surface area contributed by atoms with E-state index in [4.69, 9.17) is 0 Å². The average molecular weight is 1230 g/mol. The molecule has 4 heterocycles. The van der Waals surface area contributed by atoms with Gasteiger partial charge < -0.3 is 18.9 Å². The number of benzene rings is 12. The molecule has 16 rings (SSSR count). The molecule has 0 N–H and O–H groups in total. The molecule has 0 saturated heterocycles. The van der Waals surface area contributed by atoms with Crippen LogP contribution < -0.4 is 9.80 Å². The molecule has 0 fully saturated rings. The number of rotatable bonds is 8. The molecule has 452 valence electrons. The summed E-state index contributed by atoms with van der Waals surface area (Å²) in [6, 6.07) is 92.1. The van der Waals surface area contributed by atoms with E-state index in [-0.39, 0.29) is 21.7 Å². The number of nitrogens with zero attached hydrogens (tertiary/aromatic N) is 4. The van der Waals surface area contributed by atoms with Crippen molar-refractivity contribution in [3.63, 3.8) is 0 Å². The second-order valence-electron chi connectivity index (χ2n) is 29.5. The Balaban J connectivity index is 0.822. The summed E-state index contributed by atoms with van der Waals surface area (Å²) in [7, 11) is 0. The monoisotopic (exact) mass is 1230 g/mol. The molecular weight excluding hydrogens is 1150 g/mol. The van der Waals surface area contributed by atoms with Gasteiger partial charge in [-0.3, -0.25) is 0 Å². The largest absolute Gasteiger partial charge is 0.308 e. The predicted octanol–water partition coefficient (Wildman–Crippen LogP) is 25.9. The van der Waals surface area contributed by atoms with E-state index in [0.717, 1.165) is 34.1 Å². The van der Waals surface area contributed by atoms with Gasteiger partial charge in [0.2, 0.25) is 0 Å². The summed E-state index contributed by atoms with van der Waals surface area (Å²) in [4.78, 5) is 4.96. The van der Waals surface area contributed by atoms with Crippen LogP contribution in [0.15, 0.2) is 243 Å². The molecule has 12 aromatic carbocycles. The smallest absolute Gasteiger partial charge is 0.0782 e. The Morgan fingerprint density at radius 2 is 0.598 bits per heavy atom. The van der Waals surface area contributed by atoms with E-state index < -0.39 is 0 Å². The van der Waals surface area contributed by atoms with Crippen LogP contribution in [0.2, 0.25) is 0 Å². The van der Waals surface area contributed by atoms with Gasteiger partial charge in [-0.1, -0.05) is 204 Å². The zero-order valence-electron chi connectivity index (χ0n) is 54.7. The Morgan fingerprint density at radius 1 is 0.261 bits per heavy atom. The molecular formula is C86H76N4S2. The molecule has 92 heavy (non-hydrogen) atoms. The molecule has 16 aromatic rings. The normalized spacial score (nSPS) is 12.8. The topological polar surface area (TPSA) is 16.3 Å². The maximum Gasteiger partial charge on any atom is 0.0782 e. The SMILES string of the molecule is CC(C)(C)c1cc(-n2c3ccccc3c3cccc(N(c4ccccc4)c4ccc5c(c4)sc4cc6cc7c(cc6cc45)sc4cc(N(c5ccccc5)c5cccc6c8ccccc8n(-c8cc(C(C)(C)C)cc(C(C)(C)C)c8)c56)ccc47)c32)cc(C(C)(C)C)c1. The Labute approximate surface area is 547 Å². The number of fused-ring (bicyclic) bond motifs is 13. The minimum Gasteiger partial charge on any atom is -0.308 e. The number of anilines is 6. The first kappa shape index (κ1) is 57.7. The molecule has 6 heteroatoms. The van der Waals surface area contributed by atoms with Gasteiger partial charge in [-0.2, -0.15) is 0 Å². The van der Waals surface area contributed by atoms with Crippen LogP contribution in [0.25, 0.3) is 106 Å². The lowest BCUT2D eigenvalue weighted by Gasteiger charge is -2.28. The van der Waals surface area contributed by atoms with Crippen LogP contribution in [-0.4, -0.2) is 9.13 Å². The number of thiophene rings is 2. The first-order valence-electron chi connectivity index (χ1n) is 32.5. The maximum atomic E-state index is 2.54. The summed E-state index contributed by atoms with van der Waals surface area (Å²) in [6.07, 6.45) is 0. The summed E-state index contributed by atoms with van der Waals surface area (Å²) in [5.41, 5.74) is 19.1. The predicted molar refractivity (Wildman–Crippen MR) is 403 cm³/mol. The molecule has 0 radical (unpaired) electrons. The Bertz CT molecular complexity index is 5210. The molecule has 0 aliphatic carbocycles. The third-order valence-corrected chi connectivity index (χ3v) is 21.4. The van der Waals surface area contributed by atoms with Crippen molar-refractivity contribution in [3.05, 3.63) is 265 Å². The molecule has 0 unspecified atom stereocenters. The number of para-hydroxylation sites is 6. The molecule has 0 amide bonds. The minimum absolute atomic E-state index is 0.0398. The third-order valence-electron chi connectivity index (χ3n) is 19.2. The van der Waals surface area contributed by atoms with Gasteiger partial charge in [0.15, 0.2) is 0 Å². The van der Waals surface area contributed by atoms with Gasteiger partial charge in [0.1, 0.15) is 0 Å². The lowest BCUT2D eigenvalue weighted by molar-refractivity contribution is 0.567. The highest BCUT2D eigenvalue weighted by Gasteiger charge is 2.29. The summed E-state index contributed by atoms with van der Waals surface area (Å²) >= 11 is 3.79. The van der Waals surface area contributed by atoms with Gasteiger partial charge in [-0.25, -0.2) is 0 Å². The summed E-state index contributed by atoms with van der Waals surface area (Å²) in [5.74, 6) is 0. The van der Waals surface area contributed by atoms with Crippen LogP contribution >= 0.6 is 22.7 Å². The van der Waals surface area contributed by atoms with Gasteiger partial charge in [0.05, 0.1) is 33.4 Å². The lowest BCUT2D eigenvalue weighted by atomic mass is 9.80. The van der Waals surface area contributed by atoms with Crippen molar-refractivity contribution >= 4 is 152 Å². The highest BCUT2D eigenvalue weighted by molar-refractivity contribution is 7.26.